The number of nitrogens with one attached hydrogen (secondary N) is 1. The van der Waals surface area contributed by atoms with E-state index in [2.05, 4.69) is 15.4 Å². The van der Waals surface area contributed by atoms with Crippen LogP contribution >= 0.6 is 23.2 Å². The van der Waals surface area contributed by atoms with Crippen LogP contribution in [0.5, 0.6) is 0 Å². The van der Waals surface area contributed by atoms with Crippen molar-refractivity contribution in [3.8, 4) is 0 Å². The predicted octanol–water partition coefficient (Wildman–Crippen LogP) is 2.28. The molecule has 0 aliphatic heterocycles. The second kappa shape index (κ2) is 5.25. The molecule has 0 aliphatic rings. The Labute approximate surface area is 109 Å². The molecule has 0 bridgehead atoms. The van der Waals surface area contributed by atoms with Gasteiger partial charge >= 0.3 is 0 Å². The fourth-order valence-electron chi connectivity index (χ4n) is 1.33. The molecular weight excluding hydrogens is 261 g/mol. The lowest BCUT2D eigenvalue weighted by molar-refractivity contribution is 0.637. The number of aromatic nitrogens is 3. The average molecular weight is 272 g/mol. The molecule has 0 amide bonds. The zero-order valence-corrected chi connectivity index (χ0v) is 10.4. The molecule has 0 saturated heterocycles. The molecule has 0 fully saturated rings. The molecule has 7 heteroatoms. The molecule has 2 rings (SSSR count). The zero-order valence-electron chi connectivity index (χ0n) is 8.90. The number of nitrogens with zero attached hydrogens (tertiary/aromatic N) is 3. The molecular formula is C10H11Cl2N5. The minimum absolute atomic E-state index is 0.262. The Balaban J connectivity index is 1.97. The van der Waals surface area contributed by atoms with Crippen LogP contribution in [0.15, 0.2) is 24.5 Å². The Kier molecular flexibility index (Phi) is 3.71. The van der Waals surface area contributed by atoms with Gasteiger partial charge in [-0.15, -0.1) is 0 Å². The van der Waals surface area contributed by atoms with E-state index in [0.29, 0.717) is 29.0 Å². The van der Waals surface area contributed by atoms with Gasteiger partial charge in [0, 0.05) is 18.9 Å². The largest absolute Gasteiger partial charge is 0.382 e. The molecule has 2 aromatic rings. The third-order valence-electron chi connectivity index (χ3n) is 2.15. The quantitative estimate of drug-likeness (QED) is 0.895. The van der Waals surface area contributed by atoms with Crippen molar-refractivity contribution in [1.82, 2.24) is 14.8 Å². The van der Waals surface area contributed by atoms with Gasteiger partial charge in [-0.2, -0.15) is 5.10 Å². The molecule has 90 valence electrons. The van der Waals surface area contributed by atoms with E-state index in [4.69, 9.17) is 28.9 Å². The van der Waals surface area contributed by atoms with Crippen LogP contribution in [0, 0.1) is 0 Å². The first-order valence-corrected chi connectivity index (χ1v) is 5.75. The number of rotatable bonds is 4. The summed E-state index contributed by atoms with van der Waals surface area (Å²) in [4.78, 5) is 4.06. The molecule has 0 atom stereocenters. The molecule has 17 heavy (non-hydrogen) atoms. The van der Waals surface area contributed by atoms with Gasteiger partial charge in [-0.3, -0.25) is 4.68 Å². The van der Waals surface area contributed by atoms with E-state index in [1.807, 2.05) is 12.3 Å². The zero-order chi connectivity index (χ0) is 12.3. The van der Waals surface area contributed by atoms with Crippen LogP contribution in [0.25, 0.3) is 0 Å². The summed E-state index contributed by atoms with van der Waals surface area (Å²) in [7, 11) is 0. The van der Waals surface area contributed by atoms with Crippen LogP contribution in [0.2, 0.25) is 10.0 Å². The summed E-state index contributed by atoms with van der Waals surface area (Å²) < 4.78 is 1.81. The predicted molar refractivity (Wildman–Crippen MR) is 69.4 cm³/mol. The standard InChI is InChI=1S/C10H11Cl2N5/c11-7-6-8(12)10(16-9(7)13)14-3-5-17-4-1-2-15-17/h1-2,4,6H,3,5H2,(H3,13,14,16). The fraction of sp³-hybridized carbons (Fsp3) is 0.200. The minimum Gasteiger partial charge on any atom is -0.382 e. The topological polar surface area (TPSA) is 68.8 Å². The van der Waals surface area contributed by atoms with E-state index in [-0.39, 0.29) is 5.82 Å². The lowest BCUT2D eigenvalue weighted by Crippen LogP contribution is -2.12. The number of hydrogen-bond acceptors (Lipinski definition) is 4. The van der Waals surface area contributed by atoms with Crippen LogP contribution in [-0.2, 0) is 6.54 Å². The van der Waals surface area contributed by atoms with Gasteiger partial charge in [-0.25, -0.2) is 4.98 Å². The average Bonchev–Trinajstić information content (AvgIpc) is 2.78. The second-order valence-corrected chi connectivity index (χ2v) is 4.20. The van der Waals surface area contributed by atoms with Crippen molar-refractivity contribution in [3.05, 3.63) is 34.6 Å². The van der Waals surface area contributed by atoms with E-state index >= 15 is 0 Å². The third-order valence-corrected chi connectivity index (χ3v) is 2.74. The van der Waals surface area contributed by atoms with E-state index in [9.17, 15) is 0 Å². The molecule has 0 aromatic carbocycles. The number of hydrogen-bond donors (Lipinski definition) is 2. The van der Waals surface area contributed by atoms with E-state index < -0.39 is 0 Å². The molecule has 0 aliphatic carbocycles. The summed E-state index contributed by atoms with van der Waals surface area (Å²) in [5, 5.41) is 7.96. The van der Waals surface area contributed by atoms with Gasteiger partial charge < -0.3 is 11.1 Å². The maximum absolute atomic E-state index is 5.97. The molecule has 0 radical (unpaired) electrons. The summed E-state index contributed by atoms with van der Waals surface area (Å²) >= 11 is 11.8. The normalized spacial score (nSPS) is 10.5. The van der Waals surface area contributed by atoms with Gasteiger partial charge in [-0.1, -0.05) is 23.2 Å². The molecule has 3 N–H and O–H groups in total. The Morgan fingerprint density at radius 1 is 1.35 bits per heavy atom. The van der Waals surface area contributed by atoms with E-state index in [0.717, 1.165) is 0 Å². The summed E-state index contributed by atoms with van der Waals surface area (Å²) in [6.45, 7) is 1.36. The first-order chi connectivity index (χ1) is 8.16. The van der Waals surface area contributed by atoms with Crippen molar-refractivity contribution in [2.24, 2.45) is 0 Å². The highest BCUT2D eigenvalue weighted by atomic mass is 35.5. The Bertz CT molecular complexity index is 498. The highest BCUT2D eigenvalue weighted by molar-refractivity contribution is 6.37. The Morgan fingerprint density at radius 3 is 2.88 bits per heavy atom. The van der Waals surface area contributed by atoms with Gasteiger partial charge in [-0.05, 0) is 12.1 Å². The van der Waals surface area contributed by atoms with Crippen molar-refractivity contribution in [3.63, 3.8) is 0 Å². The fourth-order valence-corrected chi connectivity index (χ4v) is 1.75. The van der Waals surface area contributed by atoms with Crippen LogP contribution in [0.4, 0.5) is 11.6 Å². The minimum atomic E-state index is 0.262. The molecule has 0 unspecified atom stereocenters. The smallest absolute Gasteiger partial charge is 0.147 e. The maximum atomic E-state index is 5.97. The van der Waals surface area contributed by atoms with Crippen molar-refractivity contribution < 1.29 is 0 Å². The number of pyridine rings is 1. The lowest BCUT2D eigenvalue weighted by atomic mass is 10.4. The number of nitrogens with two attached hydrogens (primary N) is 1. The first kappa shape index (κ1) is 12.0. The van der Waals surface area contributed by atoms with E-state index in [1.165, 1.54) is 0 Å². The highest BCUT2D eigenvalue weighted by Crippen LogP contribution is 2.27. The summed E-state index contributed by atoms with van der Waals surface area (Å²) in [6.07, 6.45) is 3.61. The Hall–Kier alpha value is -1.46. The molecule has 2 heterocycles. The molecule has 0 spiro atoms. The van der Waals surface area contributed by atoms with Crippen LogP contribution < -0.4 is 11.1 Å². The first-order valence-electron chi connectivity index (χ1n) is 4.99. The molecule has 5 nitrogen and oxygen atoms in total. The van der Waals surface area contributed by atoms with Crippen LogP contribution in [0.1, 0.15) is 0 Å². The summed E-state index contributed by atoms with van der Waals surface area (Å²) in [5.74, 6) is 0.790. The SMILES string of the molecule is Nc1nc(NCCn2cccn2)c(Cl)cc1Cl. The van der Waals surface area contributed by atoms with Crippen molar-refractivity contribution in [2.45, 2.75) is 6.54 Å². The maximum Gasteiger partial charge on any atom is 0.147 e. The van der Waals surface area contributed by atoms with Crippen LogP contribution in [-0.4, -0.2) is 21.3 Å². The van der Waals surface area contributed by atoms with Crippen LogP contribution in [0.3, 0.4) is 0 Å². The van der Waals surface area contributed by atoms with Gasteiger partial charge in [0.25, 0.3) is 0 Å². The third kappa shape index (κ3) is 3.01. The van der Waals surface area contributed by atoms with Crippen molar-refractivity contribution in [2.75, 3.05) is 17.6 Å². The number of nitrogen functional groups attached to an aromatic ring is 1. The van der Waals surface area contributed by atoms with Gasteiger partial charge in [0.1, 0.15) is 11.6 Å². The van der Waals surface area contributed by atoms with Gasteiger partial charge in [0.2, 0.25) is 0 Å². The number of anilines is 2. The monoisotopic (exact) mass is 271 g/mol. The van der Waals surface area contributed by atoms with Crippen molar-refractivity contribution in [1.29, 1.82) is 0 Å². The second-order valence-electron chi connectivity index (χ2n) is 3.38. The van der Waals surface area contributed by atoms with Crippen molar-refractivity contribution >= 4 is 34.8 Å². The number of halogens is 2. The van der Waals surface area contributed by atoms with Gasteiger partial charge in [0.15, 0.2) is 0 Å². The van der Waals surface area contributed by atoms with E-state index in [1.54, 1.807) is 16.9 Å². The lowest BCUT2D eigenvalue weighted by Gasteiger charge is -2.09. The summed E-state index contributed by atoms with van der Waals surface area (Å²) in [5.41, 5.74) is 5.60. The summed E-state index contributed by atoms with van der Waals surface area (Å²) in [6, 6.07) is 3.44. The Morgan fingerprint density at radius 2 is 2.18 bits per heavy atom. The van der Waals surface area contributed by atoms with Gasteiger partial charge in [0.05, 0.1) is 16.6 Å². The molecule has 2 aromatic heterocycles. The highest BCUT2D eigenvalue weighted by Gasteiger charge is 2.06. The molecule has 0 saturated carbocycles.